The second kappa shape index (κ2) is 7.97. The molecule has 1 fully saturated rings. The molecule has 0 bridgehead atoms. The lowest BCUT2D eigenvalue weighted by atomic mass is 10.0. The maximum Gasteiger partial charge on any atom is 0.239 e. The van der Waals surface area contributed by atoms with E-state index in [0.717, 1.165) is 19.3 Å². The van der Waals surface area contributed by atoms with E-state index >= 15 is 0 Å². The van der Waals surface area contributed by atoms with Crippen LogP contribution in [-0.4, -0.2) is 24.4 Å². The molecule has 2 aromatic rings. The van der Waals surface area contributed by atoms with Gasteiger partial charge in [-0.05, 0) is 42.9 Å². The maximum atomic E-state index is 11.9. The number of benzene rings is 2. The van der Waals surface area contributed by atoms with E-state index in [9.17, 15) is 9.59 Å². The first-order valence-electron chi connectivity index (χ1n) is 8.83. The van der Waals surface area contributed by atoms with Crippen LogP contribution in [0.25, 0.3) is 11.1 Å². The Kier molecular flexibility index (Phi) is 5.49. The number of rotatable bonds is 7. The first-order valence-corrected chi connectivity index (χ1v) is 8.83. The highest BCUT2D eigenvalue weighted by atomic mass is 16.2. The van der Waals surface area contributed by atoms with Gasteiger partial charge in [0, 0.05) is 12.0 Å². The normalized spacial score (nSPS) is 14.6. The minimum absolute atomic E-state index is 0.000645. The van der Waals surface area contributed by atoms with Crippen molar-refractivity contribution in [3.05, 3.63) is 60.2 Å². The summed E-state index contributed by atoms with van der Waals surface area (Å²) in [5.74, 6) is -0.00457. The third-order valence-corrected chi connectivity index (χ3v) is 4.38. The van der Waals surface area contributed by atoms with Gasteiger partial charge in [-0.1, -0.05) is 54.6 Å². The van der Waals surface area contributed by atoms with Crippen LogP contribution in [0.3, 0.4) is 0 Å². The largest absolute Gasteiger partial charge is 0.352 e. The summed E-state index contributed by atoms with van der Waals surface area (Å²) in [5.41, 5.74) is 3.56. The van der Waals surface area contributed by atoms with Crippen LogP contribution < -0.4 is 10.6 Å². The third-order valence-electron chi connectivity index (χ3n) is 4.38. The molecule has 2 amide bonds. The molecule has 0 aromatic heterocycles. The number of carbonyl (C=O) groups is 2. The maximum absolute atomic E-state index is 11.9. The SMILES string of the molecule is C[C@H](Cc1ccc(-c2ccccc2)cc1)NC(=O)CNC(=O)C1CC1. The summed E-state index contributed by atoms with van der Waals surface area (Å²) in [7, 11) is 0. The zero-order valence-corrected chi connectivity index (χ0v) is 14.5. The fraction of sp³-hybridized carbons (Fsp3) is 0.333. The van der Waals surface area contributed by atoms with Gasteiger partial charge in [0.25, 0.3) is 0 Å². The van der Waals surface area contributed by atoms with Gasteiger partial charge in [-0.3, -0.25) is 9.59 Å². The van der Waals surface area contributed by atoms with Crippen molar-refractivity contribution in [3.8, 4) is 11.1 Å². The number of hydrogen-bond acceptors (Lipinski definition) is 2. The molecule has 0 unspecified atom stereocenters. The Bertz CT molecular complexity index is 721. The quantitative estimate of drug-likeness (QED) is 0.817. The van der Waals surface area contributed by atoms with Crippen LogP contribution in [0, 0.1) is 5.92 Å². The van der Waals surface area contributed by atoms with Crippen LogP contribution in [0.15, 0.2) is 54.6 Å². The van der Waals surface area contributed by atoms with E-state index in [-0.39, 0.29) is 30.3 Å². The molecule has 3 rings (SSSR count). The van der Waals surface area contributed by atoms with Gasteiger partial charge >= 0.3 is 0 Å². The molecule has 2 aromatic carbocycles. The minimum atomic E-state index is -0.137. The first-order chi connectivity index (χ1) is 12.1. The standard InChI is InChI=1S/C21H24N2O2/c1-15(23-20(24)14-22-21(25)19-11-12-19)13-16-7-9-18(10-8-16)17-5-3-2-4-6-17/h2-10,15,19H,11-14H2,1H3,(H,22,25)(H,23,24)/t15-/m1/s1. The number of carbonyl (C=O) groups excluding carboxylic acids is 2. The predicted octanol–water partition coefficient (Wildman–Crippen LogP) is 2.93. The Morgan fingerprint density at radius 1 is 1.00 bits per heavy atom. The highest BCUT2D eigenvalue weighted by molar-refractivity contribution is 5.86. The van der Waals surface area contributed by atoms with Crippen LogP contribution in [-0.2, 0) is 16.0 Å². The first kappa shape index (κ1) is 17.2. The Hall–Kier alpha value is -2.62. The summed E-state index contributed by atoms with van der Waals surface area (Å²) >= 11 is 0. The van der Waals surface area contributed by atoms with Crippen molar-refractivity contribution >= 4 is 11.8 Å². The molecule has 25 heavy (non-hydrogen) atoms. The molecule has 1 atom stereocenters. The molecular weight excluding hydrogens is 312 g/mol. The van der Waals surface area contributed by atoms with E-state index in [4.69, 9.17) is 0 Å². The lowest BCUT2D eigenvalue weighted by molar-refractivity contribution is -0.127. The highest BCUT2D eigenvalue weighted by Crippen LogP contribution is 2.28. The van der Waals surface area contributed by atoms with Crippen LogP contribution in [0.1, 0.15) is 25.3 Å². The van der Waals surface area contributed by atoms with Gasteiger partial charge in [0.2, 0.25) is 11.8 Å². The summed E-state index contributed by atoms with van der Waals surface area (Å²) < 4.78 is 0. The molecule has 1 aliphatic rings. The number of nitrogens with one attached hydrogen (secondary N) is 2. The molecule has 4 nitrogen and oxygen atoms in total. The van der Waals surface area contributed by atoms with Gasteiger partial charge in [-0.2, -0.15) is 0 Å². The van der Waals surface area contributed by atoms with E-state index in [1.54, 1.807) is 0 Å². The van der Waals surface area contributed by atoms with Gasteiger partial charge in [-0.15, -0.1) is 0 Å². The van der Waals surface area contributed by atoms with Crippen molar-refractivity contribution in [2.45, 2.75) is 32.2 Å². The lowest BCUT2D eigenvalue weighted by Crippen LogP contribution is -2.42. The fourth-order valence-corrected chi connectivity index (χ4v) is 2.85. The van der Waals surface area contributed by atoms with E-state index in [0.29, 0.717) is 0 Å². The molecule has 0 spiro atoms. The molecular formula is C21H24N2O2. The molecule has 1 aliphatic carbocycles. The molecule has 4 heteroatoms. The van der Waals surface area contributed by atoms with Gasteiger partial charge in [-0.25, -0.2) is 0 Å². The molecule has 1 saturated carbocycles. The second-order valence-electron chi connectivity index (χ2n) is 6.73. The summed E-state index contributed by atoms with van der Waals surface area (Å²) in [6.07, 6.45) is 2.66. The average Bonchev–Trinajstić information content (AvgIpc) is 3.46. The molecule has 0 heterocycles. The zero-order chi connectivity index (χ0) is 17.6. The van der Waals surface area contributed by atoms with Gasteiger partial charge < -0.3 is 10.6 Å². The van der Waals surface area contributed by atoms with E-state index in [1.807, 2.05) is 25.1 Å². The average molecular weight is 336 g/mol. The van der Waals surface area contributed by atoms with Gasteiger partial charge in [0.05, 0.1) is 6.54 Å². The number of amides is 2. The highest BCUT2D eigenvalue weighted by Gasteiger charge is 2.29. The Morgan fingerprint density at radius 3 is 2.28 bits per heavy atom. The van der Waals surface area contributed by atoms with E-state index < -0.39 is 0 Å². The second-order valence-corrected chi connectivity index (χ2v) is 6.73. The lowest BCUT2D eigenvalue weighted by Gasteiger charge is -2.15. The monoisotopic (exact) mass is 336 g/mol. The fourth-order valence-electron chi connectivity index (χ4n) is 2.85. The minimum Gasteiger partial charge on any atom is -0.352 e. The molecule has 0 saturated heterocycles. The molecule has 2 N–H and O–H groups in total. The summed E-state index contributed by atoms with van der Waals surface area (Å²) in [6, 6.07) is 18.7. The van der Waals surface area contributed by atoms with Crippen molar-refractivity contribution in [2.75, 3.05) is 6.54 Å². The topological polar surface area (TPSA) is 58.2 Å². The predicted molar refractivity (Wildman–Crippen MR) is 98.9 cm³/mol. The third kappa shape index (κ3) is 5.18. The van der Waals surface area contributed by atoms with E-state index in [2.05, 4.69) is 47.0 Å². The Labute approximate surface area is 148 Å². The van der Waals surface area contributed by atoms with Crippen LogP contribution in [0.4, 0.5) is 0 Å². The van der Waals surface area contributed by atoms with Gasteiger partial charge in [0.15, 0.2) is 0 Å². The smallest absolute Gasteiger partial charge is 0.239 e. The van der Waals surface area contributed by atoms with Crippen molar-refractivity contribution in [2.24, 2.45) is 5.92 Å². The van der Waals surface area contributed by atoms with Crippen molar-refractivity contribution in [3.63, 3.8) is 0 Å². The van der Waals surface area contributed by atoms with Crippen LogP contribution in [0.5, 0.6) is 0 Å². The van der Waals surface area contributed by atoms with Crippen molar-refractivity contribution < 1.29 is 9.59 Å². The van der Waals surface area contributed by atoms with E-state index in [1.165, 1.54) is 16.7 Å². The van der Waals surface area contributed by atoms with Crippen LogP contribution >= 0.6 is 0 Å². The van der Waals surface area contributed by atoms with Crippen molar-refractivity contribution in [1.29, 1.82) is 0 Å². The summed E-state index contributed by atoms with van der Waals surface area (Å²) in [4.78, 5) is 23.4. The van der Waals surface area contributed by atoms with Gasteiger partial charge in [0.1, 0.15) is 0 Å². The Morgan fingerprint density at radius 2 is 1.64 bits per heavy atom. The zero-order valence-electron chi connectivity index (χ0n) is 14.5. The molecule has 130 valence electrons. The van der Waals surface area contributed by atoms with Crippen LogP contribution in [0.2, 0.25) is 0 Å². The Balaban J connectivity index is 1.46. The molecule has 0 aliphatic heterocycles. The molecule has 0 radical (unpaired) electrons. The number of hydrogen-bond donors (Lipinski definition) is 2. The van der Waals surface area contributed by atoms with Crippen molar-refractivity contribution in [1.82, 2.24) is 10.6 Å². The summed E-state index contributed by atoms with van der Waals surface area (Å²) in [5, 5.41) is 5.62. The summed E-state index contributed by atoms with van der Waals surface area (Å²) in [6.45, 7) is 2.04.